The maximum atomic E-state index is 12.9. The van der Waals surface area contributed by atoms with Crippen molar-refractivity contribution >= 4 is 11.6 Å². The number of carbonyl (C=O) groups is 1. The van der Waals surface area contributed by atoms with Crippen molar-refractivity contribution in [3.05, 3.63) is 29.3 Å². The lowest BCUT2D eigenvalue weighted by atomic mass is 10.1. The molecule has 0 heterocycles. The van der Waals surface area contributed by atoms with Crippen molar-refractivity contribution in [2.75, 3.05) is 18.4 Å². The van der Waals surface area contributed by atoms with E-state index in [1.807, 2.05) is 13.8 Å². The first-order valence-electron chi connectivity index (χ1n) is 6.93. The predicted octanol–water partition coefficient (Wildman–Crippen LogP) is 3.68. The number of halogens is 3. The van der Waals surface area contributed by atoms with E-state index in [-0.39, 0.29) is 11.5 Å². The lowest BCUT2D eigenvalue weighted by molar-refractivity contribution is -0.138. The first kappa shape index (κ1) is 17.3. The number of carbonyl (C=O) groups excluding carboxylic acids is 1. The van der Waals surface area contributed by atoms with Crippen LogP contribution in [-0.2, 0) is 11.0 Å². The summed E-state index contributed by atoms with van der Waals surface area (Å²) in [6.07, 6.45) is -4.39. The van der Waals surface area contributed by atoms with E-state index in [1.54, 1.807) is 17.9 Å². The van der Waals surface area contributed by atoms with Crippen LogP contribution < -0.4 is 5.32 Å². The van der Waals surface area contributed by atoms with Crippen molar-refractivity contribution in [3.8, 4) is 0 Å². The largest absolute Gasteiger partial charge is 0.416 e. The molecule has 1 aromatic rings. The topological polar surface area (TPSA) is 32.3 Å². The molecule has 118 valence electrons. The van der Waals surface area contributed by atoms with Gasteiger partial charge in [-0.25, -0.2) is 0 Å². The number of amides is 1. The summed E-state index contributed by atoms with van der Waals surface area (Å²) < 4.78 is 38.6. The zero-order valence-electron chi connectivity index (χ0n) is 12.7. The molecule has 1 rings (SSSR count). The minimum absolute atomic E-state index is 0.130. The van der Waals surface area contributed by atoms with Crippen LogP contribution in [0.15, 0.2) is 18.2 Å². The number of likely N-dealkylation sites (N-methyl/N-ethyl adjacent to an activating group) is 1. The molecule has 6 heteroatoms. The number of alkyl halides is 3. The summed E-state index contributed by atoms with van der Waals surface area (Å²) in [4.78, 5) is 13.7. The molecule has 0 aliphatic carbocycles. The fourth-order valence-corrected chi connectivity index (χ4v) is 2.14. The van der Waals surface area contributed by atoms with Gasteiger partial charge in [0, 0.05) is 18.8 Å². The summed E-state index contributed by atoms with van der Waals surface area (Å²) >= 11 is 0. The molecule has 3 nitrogen and oxygen atoms in total. The van der Waals surface area contributed by atoms with Crippen LogP contribution in [0.3, 0.4) is 0 Å². The van der Waals surface area contributed by atoms with E-state index in [0.29, 0.717) is 18.8 Å². The molecule has 1 aromatic carbocycles. The van der Waals surface area contributed by atoms with E-state index in [2.05, 4.69) is 5.32 Å². The van der Waals surface area contributed by atoms with Gasteiger partial charge in [-0.3, -0.25) is 4.79 Å². The van der Waals surface area contributed by atoms with Crippen molar-refractivity contribution in [2.24, 2.45) is 0 Å². The highest BCUT2D eigenvalue weighted by Gasteiger charge is 2.32. The van der Waals surface area contributed by atoms with Crippen LogP contribution in [0, 0.1) is 6.92 Å². The second-order valence-corrected chi connectivity index (χ2v) is 4.90. The molecular formula is C15H21F3N2O. The van der Waals surface area contributed by atoms with E-state index in [0.717, 1.165) is 6.07 Å². The summed E-state index contributed by atoms with van der Waals surface area (Å²) in [5, 5.41) is 2.84. The van der Waals surface area contributed by atoms with Crippen LogP contribution in [0.5, 0.6) is 0 Å². The van der Waals surface area contributed by atoms with E-state index in [9.17, 15) is 18.0 Å². The lowest BCUT2D eigenvalue weighted by Crippen LogP contribution is -2.41. The maximum Gasteiger partial charge on any atom is 0.416 e. The molecule has 21 heavy (non-hydrogen) atoms. The molecule has 0 radical (unpaired) electrons. The first-order chi connectivity index (χ1) is 9.70. The average Bonchev–Trinajstić information content (AvgIpc) is 2.40. The van der Waals surface area contributed by atoms with Gasteiger partial charge in [0.2, 0.25) is 5.91 Å². The van der Waals surface area contributed by atoms with Crippen molar-refractivity contribution in [3.63, 3.8) is 0 Å². The quantitative estimate of drug-likeness (QED) is 0.900. The SMILES string of the molecule is CCN(CC)C(=O)C(C)Nc1ccc(C)c(C(F)(F)F)c1. The summed E-state index contributed by atoms with van der Waals surface area (Å²) in [6, 6.07) is 3.42. The molecule has 0 spiro atoms. The molecule has 0 aliphatic rings. The Morgan fingerprint density at radius 3 is 2.33 bits per heavy atom. The molecular weight excluding hydrogens is 281 g/mol. The number of hydrogen-bond acceptors (Lipinski definition) is 2. The van der Waals surface area contributed by atoms with Crippen molar-refractivity contribution < 1.29 is 18.0 Å². The Hall–Kier alpha value is -1.72. The minimum Gasteiger partial charge on any atom is -0.374 e. The van der Waals surface area contributed by atoms with Gasteiger partial charge in [0.25, 0.3) is 0 Å². The second-order valence-electron chi connectivity index (χ2n) is 4.90. The number of nitrogens with one attached hydrogen (secondary N) is 1. The molecule has 0 bridgehead atoms. The molecule has 0 fully saturated rings. The van der Waals surface area contributed by atoms with Gasteiger partial charge in [0.05, 0.1) is 5.56 Å². The molecule has 0 saturated heterocycles. The van der Waals surface area contributed by atoms with Crippen molar-refractivity contribution in [1.29, 1.82) is 0 Å². The van der Waals surface area contributed by atoms with Gasteiger partial charge in [-0.1, -0.05) is 6.07 Å². The van der Waals surface area contributed by atoms with Gasteiger partial charge in [-0.05, 0) is 45.4 Å². The zero-order chi connectivity index (χ0) is 16.2. The molecule has 1 amide bonds. The number of hydrogen-bond donors (Lipinski definition) is 1. The molecule has 1 N–H and O–H groups in total. The Morgan fingerprint density at radius 2 is 1.86 bits per heavy atom. The summed E-state index contributed by atoms with van der Waals surface area (Å²) in [6.45, 7) is 7.93. The zero-order valence-corrected chi connectivity index (χ0v) is 12.7. The van der Waals surface area contributed by atoms with Crippen LogP contribution in [-0.4, -0.2) is 29.9 Å². The summed E-state index contributed by atoms with van der Waals surface area (Å²) in [5.74, 6) is -0.130. The number of aryl methyl sites for hydroxylation is 1. The predicted molar refractivity (Wildman–Crippen MR) is 77.2 cm³/mol. The summed E-state index contributed by atoms with van der Waals surface area (Å²) in [5.41, 5.74) is -0.230. The van der Waals surface area contributed by atoms with E-state index >= 15 is 0 Å². The monoisotopic (exact) mass is 302 g/mol. The Kier molecular flexibility index (Phi) is 5.63. The highest BCUT2D eigenvalue weighted by Crippen LogP contribution is 2.33. The molecule has 1 unspecified atom stereocenters. The normalized spacial score (nSPS) is 12.9. The molecule has 0 aromatic heterocycles. The smallest absolute Gasteiger partial charge is 0.374 e. The van der Waals surface area contributed by atoms with Gasteiger partial charge in [-0.2, -0.15) is 13.2 Å². The van der Waals surface area contributed by atoms with Gasteiger partial charge in [-0.15, -0.1) is 0 Å². The van der Waals surface area contributed by atoms with Gasteiger partial charge < -0.3 is 10.2 Å². The molecule has 1 atom stereocenters. The van der Waals surface area contributed by atoms with Crippen molar-refractivity contribution in [2.45, 2.75) is 39.9 Å². The first-order valence-corrected chi connectivity index (χ1v) is 6.93. The fourth-order valence-electron chi connectivity index (χ4n) is 2.14. The second kappa shape index (κ2) is 6.83. The lowest BCUT2D eigenvalue weighted by Gasteiger charge is -2.24. The van der Waals surface area contributed by atoms with Crippen molar-refractivity contribution in [1.82, 2.24) is 4.90 Å². The number of rotatable bonds is 5. The van der Waals surface area contributed by atoms with Crippen LogP contribution in [0.1, 0.15) is 31.9 Å². The highest BCUT2D eigenvalue weighted by molar-refractivity contribution is 5.84. The van der Waals surface area contributed by atoms with Gasteiger partial charge >= 0.3 is 6.18 Å². The third-order valence-electron chi connectivity index (χ3n) is 3.37. The van der Waals surface area contributed by atoms with Crippen LogP contribution in [0.25, 0.3) is 0 Å². The Balaban J connectivity index is 2.91. The van der Waals surface area contributed by atoms with E-state index in [1.165, 1.54) is 13.0 Å². The van der Waals surface area contributed by atoms with Crippen LogP contribution >= 0.6 is 0 Å². The maximum absolute atomic E-state index is 12.9. The van der Waals surface area contributed by atoms with E-state index in [4.69, 9.17) is 0 Å². The number of benzene rings is 1. The van der Waals surface area contributed by atoms with Gasteiger partial charge in [0.15, 0.2) is 0 Å². The average molecular weight is 302 g/mol. The van der Waals surface area contributed by atoms with E-state index < -0.39 is 17.8 Å². The Morgan fingerprint density at radius 1 is 1.29 bits per heavy atom. The number of nitrogens with zero attached hydrogens (tertiary/aromatic N) is 1. The highest BCUT2D eigenvalue weighted by atomic mass is 19.4. The summed E-state index contributed by atoms with van der Waals surface area (Å²) in [7, 11) is 0. The third-order valence-corrected chi connectivity index (χ3v) is 3.37. The Labute approximate surface area is 123 Å². The van der Waals surface area contributed by atoms with Crippen LogP contribution in [0.4, 0.5) is 18.9 Å². The molecule has 0 saturated carbocycles. The Bertz CT molecular complexity index is 496. The fraction of sp³-hybridized carbons (Fsp3) is 0.533. The van der Waals surface area contributed by atoms with Crippen LogP contribution in [0.2, 0.25) is 0 Å². The third kappa shape index (κ3) is 4.37. The standard InChI is InChI=1S/C15H21F3N2O/c1-5-20(6-2)14(21)11(4)19-12-8-7-10(3)13(9-12)15(16,17)18/h7-9,11,19H,5-6H2,1-4H3. The minimum atomic E-state index is -4.39. The number of anilines is 1. The van der Waals surface area contributed by atoms with Gasteiger partial charge in [0.1, 0.15) is 6.04 Å². The molecule has 0 aliphatic heterocycles.